The lowest BCUT2D eigenvalue weighted by atomic mass is 10.2. The number of nitrogens with one attached hydrogen (secondary N) is 1. The van der Waals surface area contributed by atoms with Crippen LogP contribution in [-0.2, 0) is 0 Å². The van der Waals surface area contributed by atoms with Crippen LogP contribution in [0.25, 0.3) is 0 Å². The van der Waals surface area contributed by atoms with E-state index >= 15 is 0 Å². The van der Waals surface area contributed by atoms with Gasteiger partial charge in [-0.1, -0.05) is 13.8 Å². The average Bonchev–Trinajstić information content (AvgIpc) is 1.81. The van der Waals surface area contributed by atoms with Gasteiger partial charge in [0.25, 0.3) is 0 Å². The molecule has 0 saturated heterocycles. The van der Waals surface area contributed by atoms with E-state index in [0.29, 0.717) is 11.8 Å². The van der Waals surface area contributed by atoms with E-state index in [-0.39, 0.29) is 0 Å². The summed E-state index contributed by atoms with van der Waals surface area (Å²) in [6, 6.07) is 0. The van der Waals surface area contributed by atoms with Crippen LogP contribution in [0.4, 0.5) is 0 Å². The van der Waals surface area contributed by atoms with Gasteiger partial charge >= 0.3 is 0 Å². The van der Waals surface area contributed by atoms with E-state index in [9.17, 15) is 0 Å². The number of amidine groups is 1. The zero-order chi connectivity index (χ0) is 8.15. The average molecular weight is 142 g/mol. The number of rotatable bonds is 3. The maximum absolute atomic E-state index is 7.37. The normalized spacial score (nSPS) is 10.1. The molecule has 0 aromatic heterocycles. The fourth-order valence-corrected chi connectivity index (χ4v) is 0.944. The van der Waals surface area contributed by atoms with Crippen LogP contribution in [-0.4, -0.2) is 23.8 Å². The van der Waals surface area contributed by atoms with Gasteiger partial charge in [-0.15, -0.1) is 0 Å². The van der Waals surface area contributed by atoms with Gasteiger partial charge in [0, 0.05) is 13.1 Å². The van der Waals surface area contributed by atoms with Crippen LogP contribution in [0.1, 0.15) is 27.7 Å². The standard InChI is InChI=1S/C8H18N2/c1-5-10(8(4)9)6-7(2)3/h7,9H,5-6H2,1-4H3. The third-order valence-corrected chi connectivity index (χ3v) is 1.44. The summed E-state index contributed by atoms with van der Waals surface area (Å²) in [5.74, 6) is 1.33. The second kappa shape index (κ2) is 4.31. The fraction of sp³-hybridized carbons (Fsp3) is 0.875. The van der Waals surface area contributed by atoms with Crippen LogP contribution in [0.3, 0.4) is 0 Å². The molecule has 0 atom stereocenters. The Labute approximate surface area is 63.7 Å². The molecule has 0 rings (SSSR count). The van der Waals surface area contributed by atoms with Crippen molar-refractivity contribution < 1.29 is 0 Å². The highest BCUT2D eigenvalue weighted by Crippen LogP contribution is 1.97. The molecule has 0 saturated carbocycles. The highest BCUT2D eigenvalue weighted by molar-refractivity contribution is 5.76. The van der Waals surface area contributed by atoms with Crippen LogP contribution >= 0.6 is 0 Å². The summed E-state index contributed by atoms with van der Waals surface area (Å²) in [6.07, 6.45) is 0. The van der Waals surface area contributed by atoms with Crippen LogP contribution < -0.4 is 0 Å². The topological polar surface area (TPSA) is 27.1 Å². The molecule has 0 amide bonds. The summed E-state index contributed by atoms with van der Waals surface area (Å²) in [5, 5.41) is 7.37. The van der Waals surface area contributed by atoms with Crippen molar-refractivity contribution in [1.82, 2.24) is 4.90 Å². The quantitative estimate of drug-likeness (QED) is 0.473. The van der Waals surface area contributed by atoms with Crippen molar-refractivity contribution in [1.29, 1.82) is 5.41 Å². The van der Waals surface area contributed by atoms with E-state index in [2.05, 4.69) is 25.7 Å². The monoisotopic (exact) mass is 142 g/mol. The second-order valence-corrected chi connectivity index (χ2v) is 3.02. The van der Waals surface area contributed by atoms with E-state index in [0.717, 1.165) is 13.1 Å². The van der Waals surface area contributed by atoms with Gasteiger partial charge in [0.1, 0.15) is 0 Å². The molecule has 0 spiro atoms. The van der Waals surface area contributed by atoms with Crippen molar-refractivity contribution in [3.8, 4) is 0 Å². The Bertz CT molecular complexity index is 108. The lowest BCUT2D eigenvalue weighted by molar-refractivity contribution is 0.377. The van der Waals surface area contributed by atoms with Crippen molar-refractivity contribution in [2.75, 3.05) is 13.1 Å². The summed E-state index contributed by atoms with van der Waals surface area (Å²) in [6.45, 7) is 10.2. The predicted octanol–water partition coefficient (Wildman–Crippen LogP) is 1.96. The van der Waals surface area contributed by atoms with Crippen molar-refractivity contribution in [2.45, 2.75) is 27.7 Å². The van der Waals surface area contributed by atoms with E-state index in [1.165, 1.54) is 0 Å². The zero-order valence-electron chi connectivity index (χ0n) is 7.44. The second-order valence-electron chi connectivity index (χ2n) is 3.02. The summed E-state index contributed by atoms with van der Waals surface area (Å²) in [4.78, 5) is 2.07. The SMILES string of the molecule is CCN(CC(C)C)C(C)=N. The van der Waals surface area contributed by atoms with E-state index in [4.69, 9.17) is 5.41 Å². The molecule has 0 aliphatic rings. The van der Waals surface area contributed by atoms with E-state index in [1.54, 1.807) is 0 Å². The number of hydrogen-bond donors (Lipinski definition) is 1. The van der Waals surface area contributed by atoms with Gasteiger partial charge in [-0.3, -0.25) is 5.41 Å². The summed E-state index contributed by atoms with van der Waals surface area (Å²) in [5.41, 5.74) is 0. The molecule has 10 heavy (non-hydrogen) atoms. The van der Waals surface area contributed by atoms with Gasteiger partial charge < -0.3 is 4.90 Å². The summed E-state index contributed by atoms with van der Waals surface area (Å²) >= 11 is 0. The highest BCUT2D eigenvalue weighted by atomic mass is 15.2. The Kier molecular flexibility index (Phi) is 4.08. The lowest BCUT2D eigenvalue weighted by Crippen LogP contribution is -2.31. The van der Waals surface area contributed by atoms with Crippen molar-refractivity contribution in [2.24, 2.45) is 5.92 Å². The van der Waals surface area contributed by atoms with E-state index < -0.39 is 0 Å². The van der Waals surface area contributed by atoms with E-state index in [1.807, 2.05) is 6.92 Å². The fourth-order valence-electron chi connectivity index (χ4n) is 0.944. The van der Waals surface area contributed by atoms with Crippen LogP contribution in [0.5, 0.6) is 0 Å². The van der Waals surface area contributed by atoms with Crippen molar-refractivity contribution in [3.05, 3.63) is 0 Å². The Morgan fingerprint density at radius 2 is 2.00 bits per heavy atom. The first kappa shape index (κ1) is 9.47. The maximum atomic E-state index is 7.37. The number of hydrogen-bond acceptors (Lipinski definition) is 1. The summed E-state index contributed by atoms with van der Waals surface area (Å²) < 4.78 is 0. The third-order valence-electron chi connectivity index (χ3n) is 1.44. The van der Waals surface area contributed by atoms with Crippen LogP contribution in [0, 0.1) is 11.3 Å². The molecule has 2 heteroatoms. The molecule has 2 nitrogen and oxygen atoms in total. The lowest BCUT2D eigenvalue weighted by Gasteiger charge is -2.23. The highest BCUT2D eigenvalue weighted by Gasteiger charge is 2.03. The molecule has 0 radical (unpaired) electrons. The largest absolute Gasteiger partial charge is 0.361 e. The molecular formula is C8H18N2. The molecule has 60 valence electrons. The Morgan fingerprint density at radius 1 is 1.50 bits per heavy atom. The first-order valence-electron chi connectivity index (χ1n) is 3.88. The van der Waals surface area contributed by atoms with Gasteiger partial charge in [0.2, 0.25) is 0 Å². The minimum atomic E-state index is 0.653. The van der Waals surface area contributed by atoms with Crippen molar-refractivity contribution >= 4 is 5.84 Å². The maximum Gasteiger partial charge on any atom is 0.0925 e. The molecule has 0 fully saturated rings. The van der Waals surface area contributed by atoms with Crippen molar-refractivity contribution in [3.63, 3.8) is 0 Å². The first-order chi connectivity index (χ1) is 4.57. The third kappa shape index (κ3) is 3.49. The van der Waals surface area contributed by atoms with Crippen LogP contribution in [0.15, 0.2) is 0 Å². The Morgan fingerprint density at radius 3 is 2.10 bits per heavy atom. The Hall–Kier alpha value is -0.530. The smallest absolute Gasteiger partial charge is 0.0925 e. The first-order valence-corrected chi connectivity index (χ1v) is 3.88. The Balaban J connectivity index is 3.72. The summed E-state index contributed by atoms with van der Waals surface area (Å²) in [7, 11) is 0. The minimum absolute atomic E-state index is 0.653. The predicted molar refractivity (Wildman–Crippen MR) is 45.5 cm³/mol. The molecule has 0 aromatic carbocycles. The van der Waals surface area contributed by atoms with Gasteiger partial charge in [-0.05, 0) is 19.8 Å². The van der Waals surface area contributed by atoms with Gasteiger partial charge in [0.05, 0.1) is 5.84 Å². The minimum Gasteiger partial charge on any atom is -0.361 e. The zero-order valence-corrected chi connectivity index (χ0v) is 7.44. The number of nitrogens with zero attached hydrogens (tertiary/aromatic N) is 1. The van der Waals surface area contributed by atoms with Gasteiger partial charge in [-0.2, -0.15) is 0 Å². The molecule has 0 bridgehead atoms. The molecule has 1 N–H and O–H groups in total. The molecular weight excluding hydrogens is 124 g/mol. The molecule has 0 heterocycles. The van der Waals surface area contributed by atoms with Gasteiger partial charge in [-0.25, -0.2) is 0 Å². The molecule has 0 unspecified atom stereocenters. The molecule has 0 aliphatic carbocycles. The molecule has 0 aliphatic heterocycles. The van der Waals surface area contributed by atoms with Crippen LogP contribution in [0.2, 0.25) is 0 Å². The molecule has 0 aromatic rings. The van der Waals surface area contributed by atoms with Gasteiger partial charge in [0.15, 0.2) is 0 Å².